The first-order valence-corrected chi connectivity index (χ1v) is 15.7. The number of aliphatic carboxylic acids is 1. The lowest BCUT2D eigenvalue weighted by Crippen LogP contribution is -2.45. The Bertz CT molecular complexity index is 1910. The molecular weight excluding hydrogens is 618 g/mol. The molecule has 0 unspecified atom stereocenters. The number of carboxylic acids is 1. The number of aromatic nitrogens is 5. The zero-order valence-corrected chi connectivity index (χ0v) is 25.1. The molecule has 0 bridgehead atoms. The number of anilines is 1. The van der Waals surface area contributed by atoms with E-state index in [0.717, 1.165) is 42.1 Å². The predicted molar refractivity (Wildman–Crippen MR) is 153 cm³/mol. The number of nitrogens with zero attached hydrogens (tertiary/aromatic N) is 7. The van der Waals surface area contributed by atoms with Crippen molar-refractivity contribution in [3.63, 3.8) is 0 Å². The zero-order valence-electron chi connectivity index (χ0n) is 24.3. The van der Waals surface area contributed by atoms with Gasteiger partial charge in [-0.3, -0.25) is 14.2 Å². The van der Waals surface area contributed by atoms with Gasteiger partial charge in [0.15, 0.2) is 5.65 Å². The van der Waals surface area contributed by atoms with Gasteiger partial charge in [-0.05, 0) is 68.0 Å². The van der Waals surface area contributed by atoms with Crippen molar-refractivity contribution in [2.24, 2.45) is 0 Å². The lowest BCUT2D eigenvalue weighted by molar-refractivity contribution is -0.145. The maximum Gasteiger partial charge on any atom is 0.452 e. The fraction of sp³-hybridized carbons (Fsp3) is 0.414. The summed E-state index contributed by atoms with van der Waals surface area (Å²) >= 11 is 0. The van der Waals surface area contributed by atoms with Crippen LogP contribution in [0.2, 0.25) is 0 Å². The lowest BCUT2D eigenvalue weighted by atomic mass is 9.89. The Hall–Kier alpha value is -4.18. The Morgan fingerprint density at radius 2 is 1.93 bits per heavy atom. The molecule has 6 rings (SSSR count). The molecule has 4 aromatic heterocycles. The van der Waals surface area contributed by atoms with Crippen molar-refractivity contribution >= 4 is 27.5 Å². The molecule has 0 amide bonds. The number of aryl methyl sites for hydroxylation is 2. The van der Waals surface area contributed by atoms with Gasteiger partial charge in [-0.1, -0.05) is 6.07 Å². The van der Waals surface area contributed by atoms with Crippen LogP contribution in [-0.2, 0) is 27.5 Å². The van der Waals surface area contributed by atoms with Crippen LogP contribution in [0, 0.1) is 19.7 Å². The molecule has 2 aliphatic heterocycles. The number of sulfonamides is 1. The molecule has 1 saturated heterocycles. The van der Waals surface area contributed by atoms with Crippen LogP contribution < -0.4 is 4.90 Å². The van der Waals surface area contributed by atoms with E-state index in [1.807, 2.05) is 4.90 Å². The van der Waals surface area contributed by atoms with Gasteiger partial charge < -0.3 is 10.0 Å². The molecule has 11 nitrogen and oxygen atoms in total. The van der Waals surface area contributed by atoms with Crippen molar-refractivity contribution < 1.29 is 35.9 Å². The van der Waals surface area contributed by atoms with Crippen LogP contribution in [0.4, 0.5) is 23.4 Å². The van der Waals surface area contributed by atoms with E-state index in [1.54, 1.807) is 19.1 Å². The summed E-state index contributed by atoms with van der Waals surface area (Å²) in [6, 6.07) is 5.51. The Labute approximate surface area is 255 Å². The van der Waals surface area contributed by atoms with E-state index in [1.165, 1.54) is 17.3 Å². The molecule has 238 valence electrons. The smallest absolute Gasteiger partial charge is 0.452 e. The zero-order chi connectivity index (χ0) is 32.3. The van der Waals surface area contributed by atoms with Crippen molar-refractivity contribution in [2.75, 3.05) is 18.0 Å². The summed E-state index contributed by atoms with van der Waals surface area (Å²) in [6.07, 6.45) is -0.561. The second-order valence-corrected chi connectivity index (χ2v) is 13.3. The summed E-state index contributed by atoms with van der Waals surface area (Å²) in [5.74, 6) is -3.82. The highest BCUT2D eigenvalue weighted by Crippen LogP contribution is 2.37. The second kappa shape index (κ2) is 11.3. The lowest BCUT2D eigenvalue weighted by Gasteiger charge is -2.36. The average molecular weight is 648 g/mol. The fourth-order valence-corrected chi connectivity index (χ4v) is 7.84. The van der Waals surface area contributed by atoms with Crippen molar-refractivity contribution in [3.8, 4) is 0 Å². The van der Waals surface area contributed by atoms with Crippen molar-refractivity contribution in [2.45, 2.75) is 69.1 Å². The minimum atomic E-state index is -4.74. The van der Waals surface area contributed by atoms with Gasteiger partial charge in [-0.2, -0.15) is 17.5 Å². The third-order valence-corrected chi connectivity index (χ3v) is 10.3. The first-order chi connectivity index (χ1) is 21.3. The summed E-state index contributed by atoms with van der Waals surface area (Å²) in [7, 11) is -4.21. The Balaban J connectivity index is 1.41. The van der Waals surface area contributed by atoms with Crippen molar-refractivity contribution in [1.82, 2.24) is 28.9 Å². The average Bonchev–Trinajstić information content (AvgIpc) is 3.40. The van der Waals surface area contributed by atoms with Crippen LogP contribution in [0.5, 0.6) is 0 Å². The molecule has 0 spiro atoms. The summed E-state index contributed by atoms with van der Waals surface area (Å²) in [4.78, 5) is 22.6. The van der Waals surface area contributed by atoms with Crippen LogP contribution in [0.15, 0.2) is 41.6 Å². The number of rotatable bonds is 6. The monoisotopic (exact) mass is 647 g/mol. The first-order valence-electron chi connectivity index (χ1n) is 14.3. The van der Waals surface area contributed by atoms with E-state index in [9.17, 15) is 35.9 Å². The summed E-state index contributed by atoms with van der Waals surface area (Å²) in [5, 5.41) is 16.8. The summed E-state index contributed by atoms with van der Waals surface area (Å²) < 4.78 is 84.6. The van der Waals surface area contributed by atoms with Gasteiger partial charge in [-0.15, -0.1) is 10.2 Å². The number of alkyl halides is 3. The molecule has 16 heteroatoms. The SMILES string of the molecule is Cc1ccc([C@H](CC(=O)O)c2ccn3c(C(F)(F)F)nnc3c2C)nc1CN1C[C@@H]2CCCCN2c2ncc(F)cc2S1(=O)=O. The van der Waals surface area contributed by atoms with E-state index in [2.05, 4.69) is 15.2 Å². The Morgan fingerprint density at radius 1 is 1.16 bits per heavy atom. The molecule has 0 aliphatic carbocycles. The Morgan fingerprint density at radius 3 is 2.67 bits per heavy atom. The van der Waals surface area contributed by atoms with Gasteiger partial charge in [0.1, 0.15) is 16.5 Å². The molecule has 6 heterocycles. The van der Waals surface area contributed by atoms with E-state index >= 15 is 0 Å². The fourth-order valence-electron chi connectivity index (χ4n) is 6.24. The normalized spacial score (nSPS) is 19.2. The van der Waals surface area contributed by atoms with Gasteiger partial charge in [0.25, 0.3) is 0 Å². The number of halogens is 4. The standard InChI is InChI=1S/C29H29F4N7O4S/c1-16-6-7-22(21(12-25(41)42)20-8-10-40-26(17(20)2)36-37-28(40)29(31,32)33)35-23(16)15-38-14-19-5-3-4-9-39(19)27-24(45(38,43)44)11-18(30)13-34-27/h6-8,10-11,13,19,21H,3-5,9,12,14-15H2,1-2H3,(H,41,42)/t19-,21+/m0/s1. The summed E-state index contributed by atoms with van der Waals surface area (Å²) in [6.45, 7) is 3.82. The highest BCUT2D eigenvalue weighted by atomic mass is 32.2. The molecular formula is C29H29F4N7O4S. The van der Waals surface area contributed by atoms with Gasteiger partial charge in [0.05, 0.1) is 24.9 Å². The van der Waals surface area contributed by atoms with Gasteiger partial charge in [0, 0.05) is 36.9 Å². The minimum absolute atomic E-state index is 0.0743. The molecule has 2 aliphatic rings. The maximum absolute atomic E-state index is 14.3. The number of hydrogen-bond donors (Lipinski definition) is 1. The van der Waals surface area contributed by atoms with E-state index in [0.29, 0.717) is 34.6 Å². The molecule has 2 atom stereocenters. The first kappa shape index (κ1) is 30.8. The number of carbonyl (C=O) groups is 1. The molecule has 45 heavy (non-hydrogen) atoms. The molecule has 1 N–H and O–H groups in total. The number of hydrogen-bond acceptors (Lipinski definition) is 8. The Kier molecular flexibility index (Phi) is 7.75. The van der Waals surface area contributed by atoms with Crippen LogP contribution in [0.1, 0.15) is 65.5 Å². The van der Waals surface area contributed by atoms with Gasteiger partial charge >= 0.3 is 12.1 Å². The molecule has 4 aromatic rings. The molecule has 0 radical (unpaired) electrons. The number of carboxylic acid groups (broad SMARTS) is 1. The highest BCUT2D eigenvalue weighted by molar-refractivity contribution is 7.89. The minimum Gasteiger partial charge on any atom is -0.481 e. The second-order valence-electron chi connectivity index (χ2n) is 11.4. The molecule has 1 fully saturated rings. The highest BCUT2D eigenvalue weighted by Gasteiger charge is 2.40. The third kappa shape index (κ3) is 5.60. The molecule has 0 aromatic carbocycles. The van der Waals surface area contributed by atoms with Gasteiger partial charge in [0.2, 0.25) is 15.8 Å². The largest absolute Gasteiger partial charge is 0.481 e. The number of piperidine rings is 1. The topological polar surface area (TPSA) is 134 Å². The number of pyridine rings is 3. The van der Waals surface area contributed by atoms with Crippen LogP contribution in [-0.4, -0.2) is 67.5 Å². The van der Waals surface area contributed by atoms with Crippen LogP contribution in [0.25, 0.3) is 5.65 Å². The predicted octanol–water partition coefficient (Wildman–Crippen LogP) is 4.46. The van der Waals surface area contributed by atoms with Crippen LogP contribution in [0.3, 0.4) is 0 Å². The molecule has 0 saturated carbocycles. The van der Waals surface area contributed by atoms with E-state index < -0.39 is 46.1 Å². The van der Waals surface area contributed by atoms with E-state index in [-0.39, 0.29) is 35.5 Å². The third-order valence-electron chi connectivity index (χ3n) is 8.51. The quantitative estimate of drug-likeness (QED) is 0.301. The van der Waals surface area contributed by atoms with Crippen LogP contribution >= 0.6 is 0 Å². The van der Waals surface area contributed by atoms with E-state index in [4.69, 9.17) is 4.98 Å². The van der Waals surface area contributed by atoms with Gasteiger partial charge in [-0.25, -0.2) is 17.8 Å². The number of fused-ring (bicyclic) bond motifs is 4. The van der Waals surface area contributed by atoms with Crippen molar-refractivity contribution in [3.05, 3.63) is 76.4 Å². The maximum atomic E-state index is 14.3. The van der Waals surface area contributed by atoms with Crippen molar-refractivity contribution in [1.29, 1.82) is 0 Å². The summed E-state index contributed by atoms with van der Waals surface area (Å²) in [5.41, 5.74) is 1.92.